The van der Waals surface area contributed by atoms with Gasteiger partial charge >= 0.3 is 0 Å². The molecule has 3 aromatic heterocycles. The highest BCUT2D eigenvalue weighted by molar-refractivity contribution is 7.98. The third-order valence-electron chi connectivity index (χ3n) is 3.31. The van der Waals surface area contributed by atoms with E-state index in [2.05, 4.69) is 58.4 Å². The number of rotatable bonds is 6. The molecule has 0 atom stereocenters. The van der Waals surface area contributed by atoms with Crippen LogP contribution in [0.5, 0.6) is 0 Å². The number of nitrogens with one attached hydrogen (secondary N) is 1. The summed E-state index contributed by atoms with van der Waals surface area (Å²) in [7, 11) is 0. The van der Waals surface area contributed by atoms with Crippen molar-refractivity contribution in [1.82, 2.24) is 10.2 Å². The van der Waals surface area contributed by atoms with E-state index in [-0.39, 0.29) is 0 Å². The van der Waals surface area contributed by atoms with Crippen molar-refractivity contribution in [3.05, 3.63) is 45.1 Å². The van der Waals surface area contributed by atoms with Gasteiger partial charge in [0.05, 0.1) is 16.6 Å². The van der Waals surface area contributed by atoms with Gasteiger partial charge in [-0.3, -0.25) is 0 Å². The van der Waals surface area contributed by atoms with Crippen LogP contribution in [0, 0.1) is 6.92 Å². The second-order valence-electron chi connectivity index (χ2n) is 4.82. The molecule has 3 rings (SSSR count). The molecule has 22 heavy (non-hydrogen) atoms. The van der Waals surface area contributed by atoms with Crippen molar-refractivity contribution in [2.45, 2.75) is 13.5 Å². The van der Waals surface area contributed by atoms with Crippen molar-refractivity contribution in [3.63, 3.8) is 0 Å². The summed E-state index contributed by atoms with van der Waals surface area (Å²) in [5.74, 6) is 1.03. The molecule has 0 amide bonds. The largest absolute Gasteiger partial charge is 0.378 e. The molecule has 0 aliphatic carbocycles. The van der Waals surface area contributed by atoms with Crippen molar-refractivity contribution < 1.29 is 0 Å². The van der Waals surface area contributed by atoms with Crippen LogP contribution >= 0.6 is 34.4 Å². The predicted octanol–water partition coefficient (Wildman–Crippen LogP) is 5.05. The van der Waals surface area contributed by atoms with Crippen molar-refractivity contribution in [2.75, 3.05) is 17.3 Å². The van der Waals surface area contributed by atoms with Gasteiger partial charge in [0.1, 0.15) is 5.52 Å². The van der Waals surface area contributed by atoms with Crippen molar-refractivity contribution >= 4 is 56.4 Å². The van der Waals surface area contributed by atoms with E-state index in [1.54, 1.807) is 22.7 Å². The van der Waals surface area contributed by atoms with Gasteiger partial charge in [0.15, 0.2) is 0 Å². The molecule has 3 nitrogen and oxygen atoms in total. The lowest BCUT2D eigenvalue weighted by Crippen LogP contribution is -1.98. The van der Waals surface area contributed by atoms with Crippen LogP contribution in [0.1, 0.15) is 15.3 Å². The molecule has 0 saturated heterocycles. The second-order valence-corrected chi connectivity index (χ2v) is 7.81. The molecule has 0 saturated carbocycles. The standard InChI is InChI=1S/C16H17N3S3/c1-11-14(6-4-7-20-2)22-16-13(10-18-19-15(11)16)17-9-12-5-3-8-21-12/h3-6,8,10H,7,9H2,1-2H3,(H,17,19)/b6-4-. The number of fused-ring (bicyclic) bond motifs is 1. The molecule has 0 radical (unpaired) electrons. The average molecular weight is 348 g/mol. The third kappa shape index (κ3) is 3.34. The van der Waals surface area contributed by atoms with E-state index in [4.69, 9.17) is 0 Å². The number of nitrogens with zero attached hydrogens (tertiary/aromatic N) is 2. The van der Waals surface area contributed by atoms with Crippen molar-refractivity contribution in [3.8, 4) is 0 Å². The van der Waals surface area contributed by atoms with E-state index >= 15 is 0 Å². The summed E-state index contributed by atoms with van der Waals surface area (Å²) in [6.07, 6.45) is 8.33. The molecule has 0 aromatic carbocycles. The van der Waals surface area contributed by atoms with Crippen molar-refractivity contribution in [2.24, 2.45) is 0 Å². The second kappa shape index (κ2) is 7.26. The van der Waals surface area contributed by atoms with E-state index in [0.717, 1.165) is 23.5 Å². The van der Waals surface area contributed by atoms with Gasteiger partial charge in [-0.2, -0.15) is 16.9 Å². The first-order chi connectivity index (χ1) is 10.8. The van der Waals surface area contributed by atoms with Gasteiger partial charge in [-0.05, 0) is 36.3 Å². The van der Waals surface area contributed by atoms with E-state index in [9.17, 15) is 0 Å². The lowest BCUT2D eigenvalue weighted by molar-refractivity contribution is 1.06. The summed E-state index contributed by atoms with van der Waals surface area (Å²) in [4.78, 5) is 2.59. The first kappa shape index (κ1) is 15.5. The zero-order valence-electron chi connectivity index (χ0n) is 12.5. The maximum Gasteiger partial charge on any atom is 0.109 e. The number of aryl methyl sites for hydroxylation is 1. The van der Waals surface area contributed by atoms with E-state index in [1.165, 1.54) is 20.0 Å². The quantitative estimate of drug-likeness (QED) is 0.677. The number of hydrogen-bond acceptors (Lipinski definition) is 6. The summed E-state index contributed by atoms with van der Waals surface area (Å²) in [5.41, 5.74) is 3.28. The van der Waals surface area contributed by atoms with Gasteiger partial charge in [-0.25, -0.2) is 0 Å². The molecular weight excluding hydrogens is 330 g/mol. The molecule has 0 aliphatic heterocycles. The Kier molecular flexibility index (Phi) is 5.12. The fourth-order valence-corrected chi connectivity index (χ4v) is 4.25. The first-order valence-corrected chi connectivity index (χ1v) is 10.0. The normalized spacial score (nSPS) is 11.5. The fourth-order valence-electron chi connectivity index (χ4n) is 2.16. The SMILES string of the molecule is CSC/C=C\c1sc2c(NCc3cccs3)cnnc2c1C. The van der Waals surface area contributed by atoms with Crippen LogP contribution in [0.25, 0.3) is 16.3 Å². The smallest absolute Gasteiger partial charge is 0.109 e. The number of thioether (sulfide) groups is 1. The summed E-state index contributed by atoms with van der Waals surface area (Å²) in [5, 5.41) is 14.1. The van der Waals surface area contributed by atoms with Crippen LogP contribution in [-0.2, 0) is 6.54 Å². The highest BCUT2D eigenvalue weighted by Gasteiger charge is 2.12. The van der Waals surface area contributed by atoms with Crippen LogP contribution in [0.3, 0.4) is 0 Å². The Balaban J connectivity index is 1.89. The maximum atomic E-state index is 4.32. The number of thiophene rings is 2. The Bertz CT molecular complexity index is 775. The lowest BCUT2D eigenvalue weighted by atomic mass is 10.2. The molecule has 0 spiro atoms. The first-order valence-electron chi connectivity index (χ1n) is 6.96. The Labute approximate surface area is 142 Å². The van der Waals surface area contributed by atoms with Gasteiger partial charge < -0.3 is 5.32 Å². The van der Waals surface area contributed by atoms with Gasteiger partial charge in [0.2, 0.25) is 0 Å². The number of anilines is 1. The highest BCUT2D eigenvalue weighted by atomic mass is 32.2. The number of hydrogen-bond donors (Lipinski definition) is 1. The molecule has 6 heteroatoms. The Morgan fingerprint density at radius 2 is 2.32 bits per heavy atom. The molecule has 3 aromatic rings. The molecule has 0 bridgehead atoms. The van der Waals surface area contributed by atoms with Crippen LogP contribution < -0.4 is 5.32 Å². The summed E-state index contributed by atoms with van der Waals surface area (Å²) in [6, 6.07) is 4.21. The van der Waals surface area contributed by atoms with E-state index in [1.807, 2.05) is 18.0 Å². The minimum absolute atomic E-state index is 0.826. The van der Waals surface area contributed by atoms with Gasteiger partial charge in [0.25, 0.3) is 0 Å². The van der Waals surface area contributed by atoms with Gasteiger partial charge in [0, 0.05) is 22.1 Å². The van der Waals surface area contributed by atoms with Crippen LogP contribution in [0.2, 0.25) is 0 Å². The van der Waals surface area contributed by atoms with Crippen molar-refractivity contribution in [1.29, 1.82) is 0 Å². The summed E-state index contributed by atoms with van der Waals surface area (Å²) in [6.45, 7) is 2.95. The van der Waals surface area contributed by atoms with Gasteiger partial charge in [-0.1, -0.05) is 12.1 Å². The molecule has 0 fully saturated rings. The molecule has 114 valence electrons. The fraction of sp³-hybridized carbons (Fsp3) is 0.250. The predicted molar refractivity (Wildman–Crippen MR) is 101 cm³/mol. The Morgan fingerprint density at radius 1 is 1.41 bits per heavy atom. The van der Waals surface area contributed by atoms with E-state index < -0.39 is 0 Å². The minimum atomic E-state index is 0.826. The zero-order chi connectivity index (χ0) is 15.4. The summed E-state index contributed by atoms with van der Waals surface area (Å²) < 4.78 is 1.19. The highest BCUT2D eigenvalue weighted by Crippen LogP contribution is 2.35. The lowest BCUT2D eigenvalue weighted by Gasteiger charge is -2.04. The average Bonchev–Trinajstić information content (AvgIpc) is 3.15. The van der Waals surface area contributed by atoms with Crippen LogP contribution in [0.15, 0.2) is 29.8 Å². The van der Waals surface area contributed by atoms with Gasteiger partial charge in [-0.15, -0.1) is 27.8 Å². The van der Waals surface area contributed by atoms with E-state index in [0.29, 0.717) is 0 Å². The molecule has 1 N–H and O–H groups in total. The Morgan fingerprint density at radius 3 is 3.09 bits per heavy atom. The summed E-state index contributed by atoms with van der Waals surface area (Å²) >= 11 is 5.36. The maximum absolute atomic E-state index is 4.32. The third-order valence-corrected chi connectivity index (χ3v) is 5.99. The molecule has 3 heterocycles. The monoisotopic (exact) mass is 347 g/mol. The minimum Gasteiger partial charge on any atom is -0.378 e. The number of aromatic nitrogens is 2. The Hall–Kier alpha value is -1.37. The zero-order valence-corrected chi connectivity index (χ0v) is 14.9. The van der Waals surface area contributed by atoms with Crippen LogP contribution in [0.4, 0.5) is 5.69 Å². The molecular formula is C16H17N3S3. The molecule has 0 unspecified atom stereocenters. The topological polar surface area (TPSA) is 37.8 Å². The molecule has 0 aliphatic rings. The van der Waals surface area contributed by atoms with Crippen LogP contribution in [-0.4, -0.2) is 22.2 Å².